The third kappa shape index (κ3) is 2.01. The molecule has 1 rings (SSSR count). The van der Waals surface area contributed by atoms with Crippen LogP contribution < -0.4 is 0 Å². The highest BCUT2D eigenvalue weighted by molar-refractivity contribution is 4.90. The summed E-state index contributed by atoms with van der Waals surface area (Å²) in [4.78, 5) is 9.77. The zero-order valence-corrected chi connectivity index (χ0v) is 6.65. The molecule has 1 saturated heterocycles. The molecule has 0 radical (unpaired) electrons. The summed E-state index contributed by atoms with van der Waals surface area (Å²) >= 11 is 0. The number of aliphatic hydroxyl groups excluding tert-OH is 4. The fourth-order valence-electron chi connectivity index (χ4n) is 1.18. The Kier molecular flexibility index (Phi) is 3.28. The summed E-state index contributed by atoms with van der Waals surface area (Å²) in [7, 11) is 0. The molecule has 0 spiro atoms. The predicted molar refractivity (Wildman–Crippen MR) is 39.6 cm³/mol. The van der Waals surface area contributed by atoms with Crippen molar-refractivity contribution in [2.24, 2.45) is 5.18 Å². The summed E-state index contributed by atoms with van der Waals surface area (Å²) in [5.41, 5.74) is 0. The Labute approximate surface area is 73.5 Å². The minimum atomic E-state index is -1.54. The third-order valence-electron chi connectivity index (χ3n) is 1.92. The molecule has 13 heavy (non-hydrogen) atoms. The molecular weight excluding hydrogens is 182 g/mol. The van der Waals surface area contributed by atoms with Gasteiger partial charge < -0.3 is 25.2 Å². The zero-order chi connectivity index (χ0) is 10.0. The number of hydrogen-bond donors (Lipinski definition) is 4. The van der Waals surface area contributed by atoms with Gasteiger partial charge in [0.05, 0.1) is 0 Å². The Morgan fingerprint density at radius 2 is 1.92 bits per heavy atom. The standard InChI is InChI=1S/C6H11NO6/c8-2(1-7-12)5-3(9)4(10)6(11)13-5/h2-6,8-11H,1H2. The predicted octanol–water partition coefficient (Wildman–Crippen LogP) is -2.45. The van der Waals surface area contributed by atoms with E-state index in [1.165, 1.54) is 0 Å². The second kappa shape index (κ2) is 4.07. The second-order valence-corrected chi connectivity index (χ2v) is 2.85. The summed E-state index contributed by atoms with van der Waals surface area (Å²) in [6.45, 7) is -0.457. The van der Waals surface area contributed by atoms with Crippen molar-refractivity contribution < 1.29 is 25.2 Å². The molecule has 0 amide bonds. The van der Waals surface area contributed by atoms with Crippen molar-refractivity contribution in [3.8, 4) is 0 Å². The molecular formula is C6H11NO6. The zero-order valence-electron chi connectivity index (χ0n) is 6.65. The van der Waals surface area contributed by atoms with Gasteiger partial charge in [0.2, 0.25) is 0 Å². The van der Waals surface area contributed by atoms with Crippen molar-refractivity contribution in [1.29, 1.82) is 0 Å². The number of rotatable bonds is 3. The van der Waals surface area contributed by atoms with Crippen molar-refractivity contribution in [2.75, 3.05) is 6.54 Å². The molecule has 76 valence electrons. The number of hydrogen-bond acceptors (Lipinski definition) is 7. The molecule has 1 aliphatic rings. The van der Waals surface area contributed by atoms with Gasteiger partial charge in [-0.05, 0) is 0 Å². The van der Waals surface area contributed by atoms with Crippen LogP contribution in [0.15, 0.2) is 5.18 Å². The molecule has 0 bridgehead atoms. The monoisotopic (exact) mass is 193 g/mol. The van der Waals surface area contributed by atoms with Gasteiger partial charge in [-0.1, -0.05) is 5.18 Å². The van der Waals surface area contributed by atoms with Crippen LogP contribution in [0.1, 0.15) is 0 Å². The van der Waals surface area contributed by atoms with Crippen molar-refractivity contribution >= 4 is 0 Å². The van der Waals surface area contributed by atoms with E-state index in [1.807, 2.05) is 0 Å². The van der Waals surface area contributed by atoms with Crippen molar-refractivity contribution in [3.63, 3.8) is 0 Å². The summed E-state index contributed by atoms with van der Waals surface area (Å²) < 4.78 is 4.61. The van der Waals surface area contributed by atoms with E-state index in [9.17, 15) is 10.0 Å². The smallest absolute Gasteiger partial charge is 0.184 e. The van der Waals surface area contributed by atoms with Crippen LogP contribution in [0.25, 0.3) is 0 Å². The van der Waals surface area contributed by atoms with E-state index in [0.29, 0.717) is 0 Å². The highest BCUT2D eigenvalue weighted by Gasteiger charge is 2.45. The lowest BCUT2D eigenvalue weighted by molar-refractivity contribution is -0.144. The molecule has 0 aliphatic carbocycles. The number of aliphatic hydroxyl groups is 4. The van der Waals surface area contributed by atoms with E-state index in [1.54, 1.807) is 0 Å². The van der Waals surface area contributed by atoms with E-state index >= 15 is 0 Å². The van der Waals surface area contributed by atoms with Crippen LogP contribution in [0.3, 0.4) is 0 Å². The van der Waals surface area contributed by atoms with Crippen LogP contribution >= 0.6 is 0 Å². The largest absolute Gasteiger partial charge is 0.388 e. The Morgan fingerprint density at radius 3 is 2.31 bits per heavy atom. The first-order valence-corrected chi connectivity index (χ1v) is 3.74. The van der Waals surface area contributed by atoms with Crippen LogP contribution in [0.4, 0.5) is 0 Å². The molecule has 7 nitrogen and oxygen atoms in total. The maximum atomic E-state index is 9.77. The Balaban J connectivity index is 2.56. The fourth-order valence-corrected chi connectivity index (χ4v) is 1.18. The minimum Gasteiger partial charge on any atom is -0.388 e. The average Bonchev–Trinajstić information content (AvgIpc) is 2.33. The molecule has 0 aromatic heterocycles. The van der Waals surface area contributed by atoms with Gasteiger partial charge in [-0.25, -0.2) is 0 Å². The molecule has 0 saturated carbocycles. The van der Waals surface area contributed by atoms with E-state index in [0.717, 1.165) is 0 Å². The van der Waals surface area contributed by atoms with Gasteiger partial charge in [0.25, 0.3) is 0 Å². The van der Waals surface area contributed by atoms with Crippen LogP contribution in [-0.2, 0) is 4.74 Å². The quantitative estimate of drug-likeness (QED) is 0.369. The molecule has 4 N–H and O–H groups in total. The van der Waals surface area contributed by atoms with E-state index in [-0.39, 0.29) is 0 Å². The molecule has 1 fully saturated rings. The van der Waals surface area contributed by atoms with Gasteiger partial charge in [0.15, 0.2) is 6.29 Å². The summed E-state index contributed by atoms with van der Waals surface area (Å²) in [5, 5.41) is 38.7. The lowest BCUT2D eigenvalue weighted by Gasteiger charge is -2.17. The van der Waals surface area contributed by atoms with Gasteiger partial charge >= 0.3 is 0 Å². The first-order valence-electron chi connectivity index (χ1n) is 3.74. The molecule has 0 aromatic carbocycles. The minimum absolute atomic E-state index is 0.457. The first-order chi connectivity index (χ1) is 6.07. The van der Waals surface area contributed by atoms with Crippen molar-refractivity contribution in [3.05, 3.63) is 4.91 Å². The lowest BCUT2D eigenvalue weighted by Crippen LogP contribution is -2.40. The number of ether oxygens (including phenoxy) is 1. The SMILES string of the molecule is O=NCC(O)C1OC(O)C(O)C1O. The maximum Gasteiger partial charge on any atom is 0.184 e. The van der Waals surface area contributed by atoms with Crippen molar-refractivity contribution in [2.45, 2.75) is 30.7 Å². The second-order valence-electron chi connectivity index (χ2n) is 2.85. The first kappa shape index (κ1) is 10.5. The van der Waals surface area contributed by atoms with Crippen LogP contribution in [0.2, 0.25) is 0 Å². The Morgan fingerprint density at radius 1 is 1.31 bits per heavy atom. The van der Waals surface area contributed by atoms with Gasteiger partial charge in [0, 0.05) is 0 Å². The van der Waals surface area contributed by atoms with Crippen LogP contribution in [-0.4, -0.2) is 57.7 Å². The lowest BCUT2D eigenvalue weighted by atomic mass is 10.1. The van der Waals surface area contributed by atoms with Gasteiger partial charge in [-0.2, -0.15) is 4.91 Å². The van der Waals surface area contributed by atoms with E-state index in [2.05, 4.69) is 9.91 Å². The van der Waals surface area contributed by atoms with Crippen molar-refractivity contribution in [1.82, 2.24) is 0 Å². The van der Waals surface area contributed by atoms with E-state index in [4.69, 9.17) is 15.3 Å². The maximum absolute atomic E-state index is 9.77. The Hall–Kier alpha value is -0.600. The molecule has 5 unspecified atom stereocenters. The van der Waals surface area contributed by atoms with Gasteiger partial charge in [-0.15, -0.1) is 0 Å². The number of nitroso groups, excluding NO2 is 1. The summed E-state index contributed by atoms with van der Waals surface area (Å²) in [6, 6.07) is 0. The normalized spacial score (nSPS) is 41.8. The molecule has 7 heteroatoms. The highest BCUT2D eigenvalue weighted by Crippen LogP contribution is 2.22. The molecule has 1 heterocycles. The summed E-state index contributed by atoms with van der Waals surface area (Å²) in [6.07, 6.45) is -6.92. The number of nitrogens with zero attached hydrogens (tertiary/aromatic N) is 1. The Bertz CT molecular complexity index is 188. The molecule has 1 aliphatic heterocycles. The highest BCUT2D eigenvalue weighted by atomic mass is 16.6. The average molecular weight is 193 g/mol. The van der Waals surface area contributed by atoms with Crippen LogP contribution in [0, 0.1) is 4.91 Å². The van der Waals surface area contributed by atoms with Gasteiger partial charge in [0.1, 0.15) is 31.0 Å². The fraction of sp³-hybridized carbons (Fsp3) is 1.00. The molecule has 5 atom stereocenters. The summed E-state index contributed by atoms with van der Waals surface area (Å²) in [5.74, 6) is 0. The molecule has 0 aromatic rings. The topological polar surface area (TPSA) is 120 Å². The van der Waals surface area contributed by atoms with E-state index < -0.39 is 37.3 Å². The van der Waals surface area contributed by atoms with Gasteiger partial charge in [-0.3, -0.25) is 0 Å². The van der Waals surface area contributed by atoms with Crippen LogP contribution in [0.5, 0.6) is 0 Å². The third-order valence-corrected chi connectivity index (χ3v) is 1.92.